The number of carbonyl (C=O) groups is 1. The lowest BCUT2D eigenvalue weighted by atomic mass is 9.99. The monoisotopic (exact) mass is 365 g/mol. The molecule has 4 heteroatoms. The summed E-state index contributed by atoms with van der Waals surface area (Å²) in [4.78, 5) is 14.8. The van der Waals surface area contributed by atoms with Crippen LogP contribution >= 0.6 is 0 Å². The number of benzene rings is 2. The number of ketones is 1. The number of likely N-dealkylation sites (tertiary alicyclic amines) is 1. The van der Waals surface area contributed by atoms with Gasteiger partial charge in [0.05, 0.1) is 7.11 Å². The van der Waals surface area contributed by atoms with Crippen molar-refractivity contribution in [3.8, 4) is 11.5 Å². The first-order valence-corrected chi connectivity index (χ1v) is 9.51. The standard InChI is InChI=1S/C23H27NO3/c1-3-13-24-14-12-21(25)20(16-24)15-19-10-7-11-22(26-2)23(19)27-17-18-8-5-4-6-9-18/h4-11,15H,3,12-14,16-17H2,1-2H3/b20-15+. The molecule has 1 aliphatic heterocycles. The van der Waals surface area contributed by atoms with E-state index in [1.165, 1.54) is 0 Å². The zero-order chi connectivity index (χ0) is 19.1. The average Bonchev–Trinajstić information content (AvgIpc) is 2.70. The predicted molar refractivity (Wildman–Crippen MR) is 108 cm³/mol. The van der Waals surface area contributed by atoms with Crippen molar-refractivity contribution in [2.24, 2.45) is 0 Å². The lowest BCUT2D eigenvalue weighted by Gasteiger charge is -2.27. The topological polar surface area (TPSA) is 38.8 Å². The van der Waals surface area contributed by atoms with Crippen LogP contribution in [0.15, 0.2) is 54.1 Å². The maximum atomic E-state index is 12.4. The number of methoxy groups -OCH3 is 1. The summed E-state index contributed by atoms with van der Waals surface area (Å²) in [5.41, 5.74) is 2.81. The molecule has 2 aromatic rings. The number of nitrogens with zero attached hydrogens (tertiary/aromatic N) is 1. The number of rotatable bonds is 7. The van der Waals surface area contributed by atoms with Gasteiger partial charge in [-0.1, -0.05) is 49.4 Å². The molecule has 1 aliphatic rings. The summed E-state index contributed by atoms with van der Waals surface area (Å²) in [6.07, 6.45) is 3.63. The van der Waals surface area contributed by atoms with Crippen LogP contribution in [0.5, 0.6) is 11.5 Å². The molecule has 27 heavy (non-hydrogen) atoms. The molecular formula is C23H27NO3. The average molecular weight is 365 g/mol. The van der Waals surface area contributed by atoms with E-state index in [9.17, 15) is 4.79 Å². The van der Waals surface area contributed by atoms with Crippen molar-refractivity contribution in [2.75, 3.05) is 26.7 Å². The fourth-order valence-electron chi connectivity index (χ4n) is 3.34. The quantitative estimate of drug-likeness (QED) is 0.684. The van der Waals surface area contributed by atoms with Gasteiger partial charge in [-0.05, 0) is 30.7 Å². The van der Waals surface area contributed by atoms with Crippen LogP contribution in [-0.2, 0) is 11.4 Å². The highest BCUT2D eigenvalue weighted by Crippen LogP contribution is 2.34. The van der Waals surface area contributed by atoms with Crippen LogP contribution in [0.3, 0.4) is 0 Å². The molecular weight excluding hydrogens is 338 g/mol. The zero-order valence-corrected chi connectivity index (χ0v) is 16.1. The highest BCUT2D eigenvalue weighted by molar-refractivity contribution is 6.01. The van der Waals surface area contributed by atoms with E-state index in [1.807, 2.05) is 54.6 Å². The van der Waals surface area contributed by atoms with Crippen LogP contribution in [0.1, 0.15) is 30.9 Å². The first-order valence-electron chi connectivity index (χ1n) is 9.51. The molecule has 1 saturated heterocycles. The van der Waals surface area contributed by atoms with Crippen molar-refractivity contribution in [3.63, 3.8) is 0 Å². The molecule has 0 spiro atoms. The van der Waals surface area contributed by atoms with Gasteiger partial charge in [0.25, 0.3) is 0 Å². The fraction of sp³-hybridized carbons (Fsp3) is 0.348. The van der Waals surface area contributed by atoms with Gasteiger partial charge in [-0.25, -0.2) is 0 Å². The maximum absolute atomic E-state index is 12.4. The number of ether oxygens (including phenoxy) is 2. The van der Waals surface area contributed by atoms with E-state index in [1.54, 1.807) is 7.11 Å². The van der Waals surface area contributed by atoms with Gasteiger partial charge in [0.1, 0.15) is 6.61 Å². The Morgan fingerprint density at radius 1 is 1.11 bits per heavy atom. The Morgan fingerprint density at radius 3 is 2.67 bits per heavy atom. The second-order valence-corrected chi connectivity index (χ2v) is 6.77. The van der Waals surface area contributed by atoms with Crippen molar-refractivity contribution in [3.05, 3.63) is 65.2 Å². The summed E-state index contributed by atoms with van der Waals surface area (Å²) in [6.45, 7) is 5.17. The largest absolute Gasteiger partial charge is 0.493 e. The Morgan fingerprint density at radius 2 is 1.93 bits per heavy atom. The summed E-state index contributed by atoms with van der Waals surface area (Å²) in [6, 6.07) is 15.8. The Hall–Kier alpha value is -2.59. The van der Waals surface area contributed by atoms with E-state index in [-0.39, 0.29) is 5.78 Å². The fourth-order valence-corrected chi connectivity index (χ4v) is 3.34. The van der Waals surface area contributed by atoms with Crippen LogP contribution in [-0.4, -0.2) is 37.4 Å². The van der Waals surface area contributed by atoms with E-state index in [2.05, 4.69) is 11.8 Å². The molecule has 0 atom stereocenters. The number of Topliss-reactive ketones (excluding diaryl/α,β-unsaturated/α-hetero) is 1. The van der Waals surface area contributed by atoms with Gasteiger partial charge in [-0.2, -0.15) is 0 Å². The number of para-hydroxylation sites is 1. The molecule has 0 radical (unpaired) electrons. The lowest BCUT2D eigenvalue weighted by molar-refractivity contribution is -0.117. The third-order valence-electron chi connectivity index (χ3n) is 4.73. The van der Waals surface area contributed by atoms with Crippen LogP contribution in [0, 0.1) is 0 Å². The van der Waals surface area contributed by atoms with E-state index in [4.69, 9.17) is 9.47 Å². The highest BCUT2D eigenvalue weighted by atomic mass is 16.5. The SMILES string of the molecule is CCCN1CCC(=O)/C(=C/c2cccc(OC)c2OCc2ccccc2)C1. The zero-order valence-electron chi connectivity index (χ0n) is 16.1. The van der Waals surface area contributed by atoms with Crippen molar-refractivity contribution in [1.82, 2.24) is 4.90 Å². The smallest absolute Gasteiger partial charge is 0.168 e. The molecule has 0 aromatic heterocycles. The Labute approximate surface area is 161 Å². The van der Waals surface area contributed by atoms with Crippen molar-refractivity contribution < 1.29 is 14.3 Å². The van der Waals surface area contributed by atoms with Gasteiger partial charge in [-0.3, -0.25) is 9.69 Å². The lowest BCUT2D eigenvalue weighted by Crippen LogP contribution is -2.36. The summed E-state index contributed by atoms with van der Waals surface area (Å²) < 4.78 is 11.6. The Kier molecular flexibility index (Phi) is 6.66. The molecule has 0 bridgehead atoms. The minimum absolute atomic E-state index is 0.221. The minimum atomic E-state index is 0.221. The van der Waals surface area contributed by atoms with Gasteiger partial charge in [-0.15, -0.1) is 0 Å². The third kappa shape index (κ3) is 4.98. The van der Waals surface area contributed by atoms with Gasteiger partial charge in [0, 0.05) is 30.6 Å². The molecule has 0 saturated carbocycles. The predicted octanol–water partition coefficient (Wildman–Crippen LogP) is 4.34. The van der Waals surface area contributed by atoms with Crippen LogP contribution < -0.4 is 9.47 Å². The molecule has 0 aliphatic carbocycles. The third-order valence-corrected chi connectivity index (χ3v) is 4.73. The number of piperidine rings is 1. The number of carbonyl (C=O) groups excluding carboxylic acids is 1. The van der Waals surface area contributed by atoms with Crippen molar-refractivity contribution in [1.29, 1.82) is 0 Å². The molecule has 4 nitrogen and oxygen atoms in total. The molecule has 1 heterocycles. The normalized spacial score (nSPS) is 16.5. The van der Waals surface area contributed by atoms with Crippen LogP contribution in [0.25, 0.3) is 6.08 Å². The molecule has 0 amide bonds. The molecule has 142 valence electrons. The van der Waals surface area contributed by atoms with Gasteiger partial charge >= 0.3 is 0 Å². The van der Waals surface area contributed by atoms with Gasteiger partial charge in [0.2, 0.25) is 0 Å². The number of hydrogen-bond acceptors (Lipinski definition) is 4. The first kappa shape index (κ1) is 19.2. The summed E-state index contributed by atoms with van der Waals surface area (Å²) in [5.74, 6) is 1.57. The highest BCUT2D eigenvalue weighted by Gasteiger charge is 2.21. The van der Waals surface area contributed by atoms with Crippen molar-refractivity contribution >= 4 is 11.9 Å². The summed E-state index contributed by atoms with van der Waals surface area (Å²) in [5, 5.41) is 0. The van der Waals surface area contributed by atoms with E-state index in [0.29, 0.717) is 31.1 Å². The molecule has 0 unspecified atom stereocenters. The van der Waals surface area contributed by atoms with Gasteiger partial charge < -0.3 is 9.47 Å². The Balaban J connectivity index is 1.86. The minimum Gasteiger partial charge on any atom is -0.493 e. The number of hydrogen-bond donors (Lipinski definition) is 0. The van der Waals surface area contributed by atoms with Crippen LogP contribution in [0.2, 0.25) is 0 Å². The van der Waals surface area contributed by atoms with Gasteiger partial charge in [0.15, 0.2) is 17.3 Å². The first-order chi connectivity index (χ1) is 13.2. The van der Waals surface area contributed by atoms with Crippen molar-refractivity contribution in [2.45, 2.75) is 26.4 Å². The molecule has 2 aromatic carbocycles. The second-order valence-electron chi connectivity index (χ2n) is 6.77. The van der Waals surface area contributed by atoms with Crippen LogP contribution in [0.4, 0.5) is 0 Å². The van der Waals surface area contributed by atoms with E-state index in [0.717, 1.165) is 36.2 Å². The Bertz CT molecular complexity index is 799. The molecule has 1 fully saturated rings. The summed E-state index contributed by atoms with van der Waals surface area (Å²) >= 11 is 0. The molecule has 3 rings (SSSR count). The maximum Gasteiger partial charge on any atom is 0.168 e. The second kappa shape index (κ2) is 9.38. The van der Waals surface area contributed by atoms with E-state index < -0.39 is 0 Å². The molecule has 0 N–H and O–H groups in total. The summed E-state index contributed by atoms with van der Waals surface area (Å²) in [7, 11) is 1.64. The van der Waals surface area contributed by atoms with E-state index >= 15 is 0 Å².